The average molecular weight is 480 g/mol. The third kappa shape index (κ3) is 5.43. The predicted molar refractivity (Wildman–Crippen MR) is 135 cm³/mol. The third-order valence-corrected chi connectivity index (χ3v) is 5.55. The molecule has 0 bridgehead atoms. The highest BCUT2D eigenvalue weighted by Crippen LogP contribution is 2.30. The summed E-state index contributed by atoms with van der Waals surface area (Å²) in [5.41, 5.74) is 1.23. The van der Waals surface area contributed by atoms with Crippen LogP contribution in [0.2, 0.25) is 0 Å². The second-order valence-electron chi connectivity index (χ2n) is 9.30. The van der Waals surface area contributed by atoms with Crippen molar-refractivity contribution < 1.29 is 14.4 Å². The largest absolute Gasteiger partial charge is 0.497 e. The van der Waals surface area contributed by atoms with E-state index in [0.29, 0.717) is 43.3 Å². The van der Waals surface area contributed by atoms with Crippen molar-refractivity contribution in [2.75, 3.05) is 43.6 Å². The van der Waals surface area contributed by atoms with Gasteiger partial charge in [-0.05, 0) is 51.1 Å². The zero-order valence-corrected chi connectivity index (χ0v) is 20.3. The molecular weight excluding hydrogens is 450 g/mol. The first-order chi connectivity index (χ1) is 16.7. The summed E-state index contributed by atoms with van der Waals surface area (Å²) in [4.78, 5) is 27.1. The van der Waals surface area contributed by atoms with Crippen LogP contribution in [-0.2, 0) is 4.74 Å². The summed E-state index contributed by atoms with van der Waals surface area (Å²) < 4.78 is 11.9. The lowest BCUT2D eigenvalue weighted by molar-refractivity contribution is -0.384. The van der Waals surface area contributed by atoms with Gasteiger partial charge >= 0.3 is 0 Å². The Balaban J connectivity index is 1.94. The first-order valence-electron chi connectivity index (χ1n) is 11.3. The Bertz CT molecular complexity index is 1290. The molecule has 184 valence electrons. The second-order valence-corrected chi connectivity index (χ2v) is 9.30. The van der Waals surface area contributed by atoms with Gasteiger partial charge in [0.1, 0.15) is 17.1 Å². The van der Waals surface area contributed by atoms with E-state index in [9.17, 15) is 14.9 Å². The van der Waals surface area contributed by atoms with Crippen LogP contribution in [-0.4, -0.2) is 53.7 Å². The molecule has 1 fully saturated rings. The molecule has 1 aliphatic rings. The smallest absolute Gasteiger partial charge is 0.295 e. The van der Waals surface area contributed by atoms with Gasteiger partial charge in [0.15, 0.2) is 0 Å². The van der Waals surface area contributed by atoms with E-state index in [1.807, 2.05) is 39.0 Å². The molecule has 1 aliphatic heterocycles. The number of rotatable bonds is 6. The number of nitrogens with zero attached hydrogens (tertiary/aromatic N) is 4. The van der Waals surface area contributed by atoms with Crippen LogP contribution in [0.15, 0.2) is 53.3 Å². The second kappa shape index (κ2) is 9.75. The number of nitro benzene ring substituents is 1. The van der Waals surface area contributed by atoms with Gasteiger partial charge in [0, 0.05) is 35.9 Å². The number of ether oxygens (including phenoxy) is 2. The van der Waals surface area contributed by atoms with Gasteiger partial charge in [0.05, 0.1) is 30.9 Å². The molecule has 4 rings (SSSR count). The van der Waals surface area contributed by atoms with Crippen molar-refractivity contribution in [3.63, 3.8) is 0 Å². The first-order valence-corrected chi connectivity index (χ1v) is 11.3. The van der Waals surface area contributed by atoms with Crippen molar-refractivity contribution in [3.8, 4) is 22.7 Å². The molecule has 0 saturated carbocycles. The third-order valence-electron chi connectivity index (χ3n) is 5.55. The number of nitrogens with one attached hydrogen (secondary N) is 1. The highest BCUT2D eigenvalue weighted by molar-refractivity contribution is 5.68. The van der Waals surface area contributed by atoms with E-state index in [1.165, 1.54) is 6.07 Å². The maximum Gasteiger partial charge on any atom is 0.295 e. The highest BCUT2D eigenvalue weighted by Gasteiger charge is 2.24. The fraction of sp³-hybridized carbons (Fsp3) is 0.360. The average Bonchev–Trinajstić information content (AvgIpc) is 2.84. The molecule has 1 N–H and O–H groups in total. The monoisotopic (exact) mass is 479 g/mol. The van der Waals surface area contributed by atoms with Crippen molar-refractivity contribution in [2.45, 2.75) is 26.3 Å². The van der Waals surface area contributed by atoms with Gasteiger partial charge in [-0.2, -0.15) is 9.78 Å². The van der Waals surface area contributed by atoms with Gasteiger partial charge in [-0.15, -0.1) is 0 Å². The first kappa shape index (κ1) is 24.2. The zero-order valence-electron chi connectivity index (χ0n) is 20.3. The molecule has 0 aliphatic carbocycles. The standard InChI is InChI=1S/C25H29N5O5/c1-25(2,3)26-21-16-20(17-6-5-7-19(14-17)34-4)27-29(24(21)31)23-15-18(8-9-22(23)30(32)33)28-10-12-35-13-11-28/h5-9,14-16,26H,10-13H2,1-4H3. The van der Waals surface area contributed by atoms with Crippen LogP contribution >= 0.6 is 0 Å². The Morgan fingerprint density at radius 2 is 1.86 bits per heavy atom. The Morgan fingerprint density at radius 1 is 1.11 bits per heavy atom. The normalized spacial score (nSPS) is 14.0. The van der Waals surface area contributed by atoms with Crippen molar-refractivity contribution in [1.29, 1.82) is 0 Å². The number of aromatic nitrogens is 2. The summed E-state index contributed by atoms with van der Waals surface area (Å²) in [5, 5.41) is 19.7. The lowest BCUT2D eigenvalue weighted by Gasteiger charge is -2.29. The number of benzene rings is 2. The topological polar surface area (TPSA) is 112 Å². The number of hydrogen-bond acceptors (Lipinski definition) is 8. The molecule has 0 unspecified atom stereocenters. The van der Waals surface area contributed by atoms with Gasteiger partial charge in [-0.3, -0.25) is 14.9 Å². The summed E-state index contributed by atoms with van der Waals surface area (Å²) in [7, 11) is 1.57. The minimum absolute atomic E-state index is 0.102. The van der Waals surface area contributed by atoms with Gasteiger partial charge in [-0.25, -0.2) is 0 Å². The molecular formula is C25H29N5O5. The van der Waals surface area contributed by atoms with Crippen LogP contribution < -0.4 is 20.5 Å². The van der Waals surface area contributed by atoms with Crippen molar-refractivity contribution in [3.05, 3.63) is 69.0 Å². The van der Waals surface area contributed by atoms with Gasteiger partial charge in [0.25, 0.3) is 11.2 Å². The molecule has 1 saturated heterocycles. The summed E-state index contributed by atoms with van der Waals surface area (Å²) in [5.74, 6) is 0.632. The van der Waals surface area contributed by atoms with Crippen LogP contribution in [0.4, 0.5) is 17.1 Å². The van der Waals surface area contributed by atoms with Crippen LogP contribution in [0.25, 0.3) is 16.9 Å². The molecule has 0 atom stereocenters. The minimum Gasteiger partial charge on any atom is -0.497 e. The van der Waals surface area contributed by atoms with Crippen LogP contribution in [0.3, 0.4) is 0 Å². The summed E-state index contributed by atoms with van der Waals surface area (Å²) >= 11 is 0. The van der Waals surface area contributed by atoms with E-state index < -0.39 is 16.0 Å². The van der Waals surface area contributed by atoms with Crippen LogP contribution in [0.1, 0.15) is 20.8 Å². The molecule has 3 aromatic rings. The quantitative estimate of drug-likeness (QED) is 0.419. The Hall–Kier alpha value is -3.92. The minimum atomic E-state index is -0.498. The van der Waals surface area contributed by atoms with E-state index >= 15 is 0 Å². The summed E-state index contributed by atoms with van der Waals surface area (Å²) in [6.45, 7) is 8.24. The number of anilines is 2. The van der Waals surface area contributed by atoms with E-state index in [1.54, 1.807) is 31.4 Å². The lowest BCUT2D eigenvalue weighted by atomic mass is 10.1. The SMILES string of the molecule is COc1cccc(-c2cc(NC(C)(C)C)c(=O)n(-c3cc(N4CCOCC4)ccc3[N+](=O)[O-])n2)c1. The molecule has 35 heavy (non-hydrogen) atoms. The van der Waals surface area contributed by atoms with Crippen molar-refractivity contribution in [1.82, 2.24) is 9.78 Å². The van der Waals surface area contributed by atoms with E-state index in [2.05, 4.69) is 15.3 Å². The van der Waals surface area contributed by atoms with Crippen molar-refractivity contribution >= 4 is 17.1 Å². The van der Waals surface area contributed by atoms with Crippen molar-refractivity contribution in [2.24, 2.45) is 0 Å². The molecule has 2 heterocycles. The number of hydrogen-bond donors (Lipinski definition) is 1. The van der Waals surface area contributed by atoms with E-state index in [4.69, 9.17) is 9.47 Å². The molecule has 0 amide bonds. The predicted octanol–water partition coefficient (Wildman–Crippen LogP) is 3.86. The Labute approximate surface area is 203 Å². The van der Waals surface area contributed by atoms with E-state index in [-0.39, 0.29) is 17.1 Å². The fourth-order valence-corrected chi connectivity index (χ4v) is 3.93. The Morgan fingerprint density at radius 3 is 2.51 bits per heavy atom. The Kier molecular flexibility index (Phi) is 6.74. The highest BCUT2D eigenvalue weighted by atomic mass is 16.6. The zero-order chi connectivity index (χ0) is 25.2. The molecule has 10 nitrogen and oxygen atoms in total. The number of morpholine rings is 1. The molecule has 10 heteroatoms. The molecule has 2 aromatic carbocycles. The molecule has 0 radical (unpaired) electrons. The molecule has 1 aromatic heterocycles. The lowest BCUT2D eigenvalue weighted by Crippen LogP contribution is -2.36. The van der Waals surface area contributed by atoms with Crippen LogP contribution in [0.5, 0.6) is 5.75 Å². The van der Waals surface area contributed by atoms with Crippen LogP contribution in [0, 0.1) is 10.1 Å². The number of nitro groups is 1. The number of methoxy groups -OCH3 is 1. The fourth-order valence-electron chi connectivity index (χ4n) is 3.93. The summed E-state index contributed by atoms with van der Waals surface area (Å²) in [6.07, 6.45) is 0. The van der Waals surface area contributed by atoms with E-state index in [0.717, 1.165) is 10.4 Å². The maximum atomic E-state index is 13.6. The molecule has 0 spiro atoms. The van der Waals surface area contributed by atoms with Gasteiger partial charge in [0.2, 0.25) is 0 Å². The van der Waals surface area contributed by atoms with Gasteiger partial charge < -0.3 is 19.7 Å². The summed E-state index contributed by atoms with van der Waals surface area (Å²) in [6, 6.07) is 13.7. The van der Waals surface area contributed by atoms with Gasteiger partial charge in [-0.1, -0.05) is 12.1 Å². The maximum absolute atomic E-state index is 13.6.